The fraction of sp³-hybridized carbons (Fsp3) is 0.500. The Balaban J connectivity index is 1.95. The van der Waals surface area contributed by atoms with Crippen LogP contribution in [0.2, 0.25) is 0 Å². The van der Waals surface area contributed by atoms with E-state index in [0.717, 1.165) is 17.1 Å². The molecule has 0 bridgehead atoms. The number of hydrogen-bond donors (Lipinski definition) is 0. The van der Waals surface area contributed by atoms with Crippen LogP contribution in [0.3, 0.4) is 0 Å². The number of ether oxygens (including phenoxy) is 1. The summed E-state index contributed by atoms with van der Waals surface area (Å²) >= 11 is 1.57. The van der Waals surface area contributed by atoms with E-state index in [9.17, 15) is 4.79 Å². The summed E-state index contributed by atoms with van der Waals surface area (Å²) in [5.41, 5.74) is 0.818. The Morgan fingerprint density at radius 3 is 2.76 bits per heavy atom. The number of furan rings is 1. The first kappa shape index (κ1) is 15.6. The topological polar surface area (TPSA) is 78.4 Å². The molecule has 2 heterocycles. The normalized spacial score (nSPS) is 12.4. The molecule has 2 rings (SSSR count). The zero-order valence-corrected chi connectivity index (χ0v) is 13.3. The van der Waals surface area contributed by atoms with Gasteiger partial charge in [0.25, 0.3) is 5.89 Å². The second-order valence-electron chi connectivity index (χ2n) is 4.73. The van der Waals surface area contributed by atoms with E-state index < -0.39 is 0 Å². The molecule has 6 nitrogen and oxygen atoms in total. The molecule has 21 heavy (non-hydrogen) atoms. The molecule has 114 valence electrons. The Morgan fingerprint density at radius 1 is 1.38 bits per heavy atom. The van der Waals surface area contributed by atoms with Crippen LogP contribution in [0.15, 0.2) is 14.9 Å². The number of aryl methyl sites for hydroxylation is 2. The summed E-state index contributed by atoms with van der Waals surface area (Å²) in [6, 6.07) is 1.87. The third-order valence-electron chi connectivity index (χ3n) is 2.91. The van der Waals surface area contributed by atoms with E-state index >= 15 is 0 Å². The maximum atomic E-state index is 11.2. The van der Waals surface area contributed by atoms with Gasteiger partial charge in [-0.25, -0.2) is 0 Å². The predicted octanol–water partition coefficient (Wildman–Crippen LogP) is 3.13. The molecular formula is C14H18N2O4S. The molecule has 0 aromatic carbocycles. The van der Waals surface area contributed by atoms with E-state index in [1.54, 1.807) is 11.8 Å². The van der Waals surface area contributed by atoms with Crippen LogP contribution >= 0.6 is 11.8 Å². The van der Waals surface area contributed by atoms with Crippen molar-refractivity contribution in [1.29, 1.82) is 0 Å². The van der Waals surface area contributed by atoms with Gasteiger partial charge in [0.1, 0.15) is 11.5 Å². The number of thioether (sulfide) groups is 1. The van der Waals surface area contributed by atoms with E-state index in [4.69, 9.17) is 8.83 Å². The number of methoxy groups -OCH3 is 1. The van der Waals surface area contributed by atoms with Crippen LogP contribution < -0.4 is 0 Å². The lowest BCUT2D eigenvalue weighted by molar-refractivity contribution is -0.140. The Bertz CT molecular complexity index is 620. The Labute approximate surface area is 127 Å². The van der Waals surface area contributed by atoms with Crippen molar-refractivity contribution in [3.8, 4) is 11.5 Å². The van der Waals surface area contributed by atoms with Gasteiger partial charge in [0.05, 0.1) is 24.8 Å². The highest BCUT2D eigenvalue weighted by atomic mass is 32.2. The van der Waals surface area contributed by atoms with Crippen molar-refractivity contribution in [2.75, 3.05) is 7.11 Å². The summed E-state index contributed by atoms with van der Waals surface area (Å²) in [6.45, 7) is 5.69. The quantitative estimate of drug-likeness (QED) is 0.758. The number of hydrogen-bond acceptors (Lipinski definition) is 7. The molecule has 1 atom stereocenters. The molecule has 2 aromatic rings. The number of rotatable bonds is 6. The highest BCUT2D eigenvalue weighted by Crippen LogP contribution is 2.27. The Morgan fingerprint density at radius 2 is 2.14 bits per heavy atom. The van der Waals surface area contributed by atoms with Gasteiger partial charge in [0, 0.05) is 5.25 Å². The molecule has 0 saturated carbocycles. The molecular weight excluding hydrogens is 292 g/mol. The zero-order chi connectivity index (χ0) is 15.4. The summed E-state index contributed by atoms with van der Waals surface area (Å²) < 4.78 is 15.7. The van der Waals surface area contributed by atoms with Gasteiger partial charge in [0.15, 0.2) is 0 Å². The number of carbonyl (C=O) groups excluding carboxylic acids is 1. The van der Waals surface area contributed by atoms with Gasteiger partial charge in [-0.1, -0.05) is 6.92 Å². The van der Waals surface area contributed by atoms with Gasteiger partial charge in [-0.3, -0.25) is 4.79 Å². The van der Waals surface area contributed by atoms with Gasteiger partial charge in [0.2, 0.25) is 5.89 Å². The second kappa shape index (κ2) is 6.80. The molecule has 7 heteroatoms. The van der Waals surface area contributed by atoms with Crippen LogP contribution in [0.5, 0.6) is 0 Å². The van der Waals surface area contributed by atoms with Crippen molar-refractivity contribution < 1.29 is 18.4 Å². The van der Waals surface area contributed by atoms with E-state index in [1.165, 1.54) is 7.11 Å². The summed E-state index contributed by atoms with van der Waals surface area (Å²) in [6.07, 6.45) is 0.363. The van der Waals surface area contributed by atoms with Crippen LogP contribution in [0, 0.1) is 13.8 Å². The van der Waals surface area contributed by atoms with Gasteiger partial charge in [-0.15, -0.1) is 22.0 Å². The number of carbonyl (C=O) groups is 1. The van der Waals surface area contributed by atoms with E-state index in [0.29, 0.717) is 24.0 Å². The molecule has 2 aromatic heterocycles. The summed E-state index contributed by atoms with van der Waals surface area (Å²) in [5.74, 6) is 2.90. The second-order valence-corrected chi connectivity index (χ2v) is 6.16. The van der Waals surface area contributed by atoms with Crippen molar-refractivity contribution in [1.82, 2.24) is 10.2 Å². The number of esters is 1. The van der Waals surface area contributed by atoms with E-state index in [2.05, 4.69) is 14.9 Å². The molecule has 0 aliphatic rings. The lowest BCUT2D eigenvalue weighted by Gasteiger charge is -2.07. The maximum Gasteiger partial charge on any atom is 0.306 e. The molecule has 0 fully saturated rings. The number of aromatic nitrogens is 2. The van der Waals surface area contributed by atoms with E-state index in [-0.39, 0.29) is 11.2 Å². The minimum absolute atomic E-state index is 0.130. The molecule has 0 aliphatic carbocycles. The maximum absolute atomic E-state index is 11.2. The zero-order valence-electron chi connectivity index (χ0n) is 12.5. The first-order chi connectivity index (χ1) is 9.99. The highest BCUT2D eigenvalue weighted by molar-refractivity contribution is 7.99. The largest absolute Gasteiger partial charge is 0.469 e. The monoisotopic (exact) mass is 310 g/mol. The van der Waals surface area contributed by atoms with Crippen molar-refractivity contribution >= 4 is 17.7 Å². The van der Waals surface area contributed by atoms with Gasteiger partial charge in [-0.05, 0) is 19.9 Å². The molecule has 0 saturated heterocycles. The molecule has 0 aliphatic heterocycles. The first-order valence-electron chi connectivity index (χ1n) is 6.57. The Kier molecular flexibility index (Phi) is 5.06. The molecule has 1 unspecified atom stereocenters. The molecule has 0 radical (unpaired) electrons. The third kappa shape index (κ3) is 4.10. The van der Waals surface area contributed by atoms with Crippen molar-refractivity contribution in [3.05, 3.63) is 23.5 Å². The minimum Gasteiger partial charge on any atom is -0.469 e. The van der Waals surface area contributed by atoms with Crippen LogP contribution in [-0.2, 0) is 15.3 Å². The smallest absolute Gasteiger partial charge is 0.306 e. The van der Waals surface area contributed by atoms with Gasteiger partial charge in [-0.2, -0.15) is 0 Å². The molecule has 0 amide bonds. The Hall–Kier alpha value is -1.76. The third-order valence-corrected chi connectivity index (χ3v) is 4.06. The molecule has 0 spiro atoms. The van der Waals surface area contributed by atoms with Gasteiger partial charge < -0.3 is 13.6 Å². The fourth-order valence-electron chi connectivity index (χ4n) is 1.85. The van der Waals surface area contributed by atoms with Gasteiger partial charge >= 0.3 is 5.97 Å². The minimum atomic E-state index is -0.217. The standard InChI is InChI=1S/C14H18N2O4S/c1-8-5-11(10(3)19-8)14-16-15-12(20-14)7-21-9(2)6-13(17)18-4/h5,9H,6-7H2,1-4H3. The lowest BCUT2D eigenvalue weighted by Crippen LogP contribution is -2.08. The van der Waals surface area contributed by atoms with E-state index in [1.807, 2.05) is 26.8 Å². The van der Waals surface area contributed by atoms with Crippen molar-refractivity contribution in [2.45, 2.75) is 38.2 Å². The average molecular weight is 310 g/mol. The van der Waals surface area contributed by atoms with Crippen LogP contribution in [0.25, 0.3) is 11.5 Å². The van der Waals surface area contributed by atoms with Crippen molar-refractivity contribution in [3.63, 3.8) is 0 Å². The summed E-state index contributed by atoms with van der Waals surface area (Å²) in [7, 11) is 1.39. The van der Waals surface area contributed by atoms with Crippen LogP contribution in [0.1, 0.15) is 30.8 Å². The summed E-state index contributed by atoms with van der Waals surface area (Å²) in [4.78, 5) is 11.2. The lowest BCUT2D eigenvalue weighted by atomic mass is 10.2. The predicted molar refractivity (Wildman–Crippen MR) is 78.9 cm³/mol. The SMILES string of the molecule is COC(=O)CC(C)SCc1nnc(-c2cc(C)oc2C)o1. The summed E-state index contributed by atoms with van der Waals surface area (Å²) in [5, 5.41) is 8.18. The molecule has 0 N–H and O–H groups in total. The average Bonchev–Trinajstić information content (AvgIpc) is 3.02. The van der Waals surface area contributed by atoms with Crippen LogP contribution in [0.4, 0.5) is 0 Å². The fourth-order valence-corrected chi connectivity index (χ4v) is 2.65. The van der Waals surface area contributed by atoms with Crippen LogP contribution in [-0.4, -0.2) is 28.5 Å². The van der Waals surface area contributed by atoms with Crippen molar-refractivity contribution in [2.24, 2.45) is 0 Å². The first-order valence-corrected chi connectivity index (χ1v) is 7.62. The highest BCUT2D eigenvalue weighted by Gasteiger charge is 2.16. The number of nitrogens with zero attached hydrogens (tertiary/aromatic N) is 2.